The molecule has 1 rings (SSSR count). The Labute approximate surface area is 119 Å². The van der Waals surface area contributed by atoms with E-state index in [9.17, 15) is 8.78 Å². The molecule has 0 aliphatic heterocycles. The molecule has 0 aliphatic carbocycles. The summed E-state index contributed by atoms with van der Waals surface area (Å²) in [4.78, 5) is 1.81. The van der Waals surface area contributed by atoms with Gasteiger partial charge in [-0.2, -0.15) is 0 Å². The Morgan fingerprint density at radius 1 is 1.47 bits per heavy atom. The average Bonchev–Trinajstić information content (AvgIpc) is 2.42. The van der Waals surface area contributed by atoms with E-state index in [-0.39, 0.29) is 22.4 Å². The standard InChI is InChI=1S/C12H16BrF2N3O/c1-2-18(6-5-11(16)17-19)7-8-10(14)4-3-9(13)12(8)15/h3-4,19H,2,5-7H2,1H3,(H2,16,17). The fourth-order valence-corrected chi connectivity index (χ4v) is 1.98. The van der Waals surface area contributed by atoms with Crippen molar-refractivity contribution in [3.8, 4) is 0 Å². The molecule has 0 atom stereocenters. The highest BCUT2D eigenvalue weighted by atomic mass is 79.9. The van der Waals surface area contributed by atoms with Crippen molar-refractivity contribution >= 4 is 21.8 Å². The Kier molecular flexibility index (Phi) is 6.17. The van der Waals surface area contributed by atoms with E-state index in [0.717, 1.165) is 0 Å². The topological polar surface area (TPSA) is 61.8 Å². The zero-order chi connectivity index (χ0) is 14.4. The van der Waals surface area contributed by atoms with Crippen molar-refractivity contribution in [3.05, 3.63) is 33.8 Å². The van der Waals surface area contributed by atoms with Crippen LogP contribution in [0.4, 0.5) is 8.78 Å². The first-order chi connectivity index (χ1) is 8.99. The van der Waals surface area contributed by atoms with Gasteiger partial charge in [0, 0.05) is 25.1 Å². The Bertz CT molecular complexity index is 469. The van der Waals surface area contributed by atoms with Crippen LogP contribution in [0.25, 0.3) is 0 Å². The van der Waals surface area contributed by atoms with E-state index in [1.807, 2.05) is 11.8 Å². The predicted molar refractivity (Wildman–Crippen MR) is 73.0 cm³/mol. The number of hydrogen-bond donors (Lipinski definition) is 2. The molecule has 0 aliphatic rings. The van der Waals surface area contributed by atoms with Gasteiger partial charge in [0.2, 0.25) is 0 Å². The SMILES string of the molecule is CCN(CC/C(N)=N/O)Cc1c(F)ccc(Br)c1F. The van der Waals surface area contributed by atoms with Gasteiger partial charge in [-0.3, -0.25) is 4.90 Å². The second kappa shape index (κ2) is 7.40. The highest BCUT2D eigenvalue weighted by Crippen LogP contribution is 2.22. The van der Waals surface area contributed by atoms with Crippen molar-refractivity contribution in [2.45, 2.75) is 19.9 Å². The Hall–Kier alpha value is -1.21. The second-order valence-electron chi connectivity index (χ2n) is 4.03. The maximum absolute atomic E-state index is 13.8. The molecule has 4 nitrogen and oxygen atoms in total. The molecule has 0 aromatic heterocycles. The van der Waals surface area contributed by atoms with Crippen LogP contribution in [0, 0.1) is 11.6 Å². The molecule has 0 amide bonds. The van der Waals surface area contributed by atoms with Crippen LogP contribution in [0.1, 0.15) is 18.9 Å². The zero-order valence-electron chi connectivity index (χ0n) is 10.5. The molecule has 0 saturated carbocycles. The van der Waals surface area contributed by atoms with Gasteiger partial charge in [0.05, 0.1) is 4.47 Å². The van der Waals surface area contributed by atoms with Gasteiger partial charge < -0.3 is 10.9 Å². The second-order valence-corrected chi connectivity index (χ2v) is 4.89. The molecule has 0 bridgehead atoms. The van der Waals surface area contributed by atoms with Crippen LogP contribution in [0.5, 0.6) is 0 Å². The number of halogens is 3. The average molecular weight is 336 g/mol. The van der Waals surface area contributed by atoms with Gasteiger partial charge in [0.1, 0.15) is 17.5 Å². The normalized spacial score (nSPS) is 12.2. The molecule has 0 radical (unpaired) electrons. The number of nitrogens with zero attached hydrogens (tertiary/aromatic N) is 2. The van der Waals surface area contributed by atoms with Crippen molar-refractivity contribution in [1.29, 1.82) is 0 Å². The van der Waals surface area contributed by atoms with Crippen molar-refractivity contribution in [2.24, 2.45) is 10.9 Å². The molecule has 0 heterocycles. The lowest BCUT2D eigenvalue weighted by atomic mass is 10.1. The van der Waals surface area contributed by atoms with E-state index in [1.54, 1.807) is 0 Å². The van der Waals surface area contributed by atoms with E-state index in [4.69, 9.17) is 10.9 Å². The van der Waals surface area contributed by atoms with Crippen molar-refractivity contribution in [2.75, 3.05) is 13.1 Å². The molecule has 106 valence electrons. The number of rotatable bonds is 6. The lowest BCUT2D eigenvalue weighted by Crippen LogP contribution is -2.28. The first kappa shape index (κ1) is 15.8. The minimum absolute atomic E-state index is 0.00994. The van der Waals surface area contributed by atoms with Gasteiger partial charge in [0.15, 0.2) is 0 Å². The predicted octanol–water partition coefficient (Wildman–Crippen LogP) is 2.69. The number of oxime groups is 1. The Balaban J connectivity index is 2.79. The molecule has 0 spiro atoms. The molecule has 19 heavy (non-hydrogen) atoms. The summed E-state index contributed by atoms with van der Waals surface area (Å²) < 4.78 is 27.7. The van der Waals surface area contributed by atoms with Crippen LogP contribution in [0.15, 0.2) is 21.8 Å². The van der Waals surface area contributed by atoms with Gasteiger partial charge >= 0.3 is 0 Å². The number of nitrogens with two attached hydrogens (primary N) is 1. The van der Waals surface area contributed by atoms with Crippen LogP contribution in [-0.2, 0) is 6.54 Å². The summed E-state index contributed by atoms with van der Waals surface area (Å²) in [5, 5.41) is 11.3. The lowest BCUT2D eigenvalue weighted by Gasteiger charge is -2.21. The molecule has 1 aromatic carbocycles. The molecular formula is C12H16BrF2N3O. The summed E-state index contributed by atoms with van der Waals surface area (Å²) in [6.45, 7) is 3.06. The maximum Gasteiger partial charge on any atom is 0.144 e. The van der Waals surface area contributed by atoms with Crippen molar-refractivity contribution < 1.29 is 14.0 Å². The third-order valence-corrected chi connectivity index (χ3v) is 3.39. The highest BCUT2D eigenvalue weighted by molar-refractivity contribution is 9.10. The quantitative estimate of drug-likeness (QED) is 0.276. The molecular weight excluding hydrogens is 320 g/mol. The van der Waals surface area contributed by atoms with E-state index in [1.165, 1.54) is 12.1 Å². The van der Waals surface area contributed by atoms with Gasteiger partial charge in [0.25, 0.3) is 0 Å². The lowest BCUT2D eigenvalue weighted by molar-refractivity contribution is 0.274. The number of benzene rings is 1. The molecule has 0 saturated heterocycles. The first-order valence-electron chi connectivity index (χ1n) is 5.80. The smallest absolute Gasteiger partial charge is 0.144 e. The monoisotopic (exact) mass is 335 g/mol. The van der Waals surface area contributed by atoms with Crippen LogP contribution in [0.3, 0.4) is 0 Å². The fourth-order valence-electron chi connectivity index (χ4n) is 1.61. The summed E-state index contributed by atoms with van der Waals surface area (Å²) in [6, 6.07) is 2.56. The number of amidine groups is 1. The molecule has 3 N–H and O–H groups in total. The summed E-state index contributed by atoms with van der Waals surface area (Å²) in [6.07, 6.45) is 0.335. The van der Waals surface area contributed by atoms with E-state index in [2.05, 4.69) is 21.1 Å². The minimum Gasteiger partial charge on any atom is -0.409 e. The van der Waals surface area contributed by atoms with Crippen LogP contribution in [0.2, 0.25) is 0 Å². The van der Waals surface area contributed by atoms with Crippen LogP contribution in [-0.4, -0.2) is 29.0 Å². The molecule has 0 unspecified atom stereocenters. The van der Waals surface area contributed by atoms with E-state index in [0.29, 0.717) is 19.5 Å². The minimum atomic E-state index is -0.595. The number of hydrogen-bond acceptors (Lipinski definition) is 3. The van der Waals surface area contributed by atoms with Crippen molar-refractivity contribution in [3.63, 3.8) is 0 Å². The first-order valence-corrected chi connectivity index (χ1v) is 6.60. The van der Waals surface area contributed by atoms with Gasteiger partial charge in [-0.25, -0.2) is 8.78 Å². The third-order valence-electron chi connectivity index (χ3n) is 2.78. The highest BCUT2D eigenvalue weighted by Gasteiger charge is 2.15. The summed E-state index contributed by atoms with van der Waals surface area (Å²) in [5.41, 5.74) is 5.38. The van der Waals surface area contributed by atoms with Crippen LogP contribution >= 0.6 is 15.9 Å². The Morgan fingerprint density at radius 2 is 2.16 bits per heavy atom. The molecule has 0 fully saturated rings. The maximum atomic E-state index is 13.8. The van der Waals surface area contributed by atoms with E-state index < -0.39 is 11.6 Å². The third kappa shape index (κ3) is 4.43. The fraction of sp³-hybridized carbons (Fsp3) is 0.417. The largest absolute Gasteiger partial charge is 0.409 e. The van der Waals surface area contributed by atoms with Gasteiger partial charge in [-0.1, -0.05) is 12.1 Å². The molecule has 1 aromatic rings. The molecule has 7 heteroatoms. The van der Waals surface area contributed by atoms with E-state index >= 15 is 0 Å². The zero-order valence-corrected chi connectivity index (χ0v) is 12.1. The van der Waals surface area contributed by atoms with Crippen molar-refractivity contribution in [1.82, 2.24) is 4.90 Å². The summed E-state index contributed by atoms with van der Waals surface area (Å²) in [7, 11) is 0. The summed E-state index contributed by atoms with van der Waals surface area (Å²) in [5.74, 6) is -1.08. The van der Waals surface area contributed by atoms with Gasteiger partial charge in [-0.15, -0.1) is 0 Å². The Morgan fingerprint density at radius 3 is 2.74 bits per heavy atom. The van der Waals surface area contributed by atoms with Crippen LogP contribution < -0.4 is 5.73 Å². The van der Waals surface area contributed by atoms with Gasteiger partial charge in [-0.05, 0) is 34.6 Å². The summed E-state index contributed by atoms with van der Waals surface area (Å²) >= 11 is 3.03.